The molecule has 0 bridgehead atoms. The quantitative estimate of drug-likeness (QED) is 0.0811. The first-order valence-corrected chi connectivity index (χ1v) is 15.2. The van der Waals surface area contributed by atoms with Gasteiger partial charge in [0.05, 0.1) is 54.4 Å². The van der Waals surface area contributed by atoms with Crippen LogP contribution in [-0.4, -0.2) is 104 Å². The van der Waals surface area contributed by atoms with E-state index < -0.39 is 102 Å². The van der Waals surface area contributed by atoms with Crippen molar-refractivity contribution in [3.8, 4) is 17.2 Å². The number of amides is 1. The van der Waals surface area contributed by atoms with Gasteiger partial charge in [0.25, 0.3) is 0 Å². The molecule has 0 aromatic heterocycles. The smallest absolute Gasteiger partial charge is 0.303 e. The molecular formula is C32H37N3O13. The highest BCUT2D eigenvalue weighted by Gasteiger charge is 2.49. The van der Waals surface area contributed by atoms with Gasteiger partial charge in [-0.25, -0.2) is 5.43 Å². The zero-order valence-electron chi connectivity index (χ0n) is 26.1. The maximum Gasteiger partial charge on any atom is 0.303 e. The van der Waals surface area contributed by atoms with Crippen molar-refractivity contribution >= 4 is 29.2 Å². The number of hydrogen-bond acceptors (Lipinski definition) is 14. The Bertz CT molecular complexity index is 1680. The van der Waals surface area contributed by atoms with E-state index in [-0.39, 0.29) is 59.4 Å². The lowest BCUT2D eigenvalue weighted by Gasteiger charge is -2.43. The molecule has 3 aliphatic rings. The summed E-state index contributed by atoms with van der Waals surface area (Å²) in [4.78, 5) is 50.7. The number of phenols is 2. The van der Waals surface area contributed by atoms with Crippen LogP contribution in [-0.2, 0) is 25.5 Å². The molecule has 2 aromatic carbocycles. The first kappa shape index (κ1) is 34.9. The van der Waals surface area contributed by atoms with Crippen LogP contribution in [0.1, 0.15) is 88.1 Å². The number of nitrogens with two attached hydrogens (primary N) is 1. The number of rotatable bonds is 10. The number of carbonyl (C=O) groups excluding carboxylic acids is 3. The summed E-state index contributed by atoms with van der Waals surface area (Å²) >= 11 is 0. The Kier molecular flexibility index (Phi) is 9.87. The normalized spacial score (nSPS) is 26.7. The van der Waals surface area contributed by atoms with E-state index in [1.54, 1.807) is 6.92 Å². The second-order valence-electron chi connectivity index (χ2n) is 12.1. The minimum atomic E-state index is -2.18. The molecule has 6 atom stereocenters. The number of aliphatic hydroxyl groups excluding tert-OH is 2. The maximum atomic E-state index is 13.9. The Balaban J connectivity index is 1.61. The number of hydrogen-bond donors (Lipinski definition) is 8. The zero-order chi connectivity index (χ0) is 35.1. The van der Waals surface area contributed by atoms with E-state index in [1.165, 1.54) is 25.3 Å². The Morgan fingerprint density at radius 1 is 1.12 bits per heavy atom. The van der Waals surface area contributed by atoms with Gasteiger partial charge in [0, 0.05) is 54.8 Å². The summed E-state index contributed by atoms with van der Waals surface area (Å²) in [5, 5.41) is 68.6. The molecule has 48 heavy (non-hydrogen) atoms. The van der Waals surface area contributed by atoms with Crippen molar-refractivity contribution in [2.75, 3.05) is 13.7 Å². The fraction of sp³-hybridized carbons (Fsp3) is 0.469. The number of aliphatic hydroxyl groups is 3. The Morgan fingerprint density at radius 3 is 2.48 bits per heavy atom. The van der Waals surface area contributed by atoms with Gasteiger partial charge >= 0.3 is 5.97 Å². The molecule has 9 N–H and O–H groups in total. The summed E-state index contributed by atoms with van der Waals surface area (Å²) in [5.41, 5.74) is 4.17. The summed E-state index contributed by atoms with van der Waals surface area (Å²) in [6.07, 6.45) is -5.82. The Labute approximate surface area is 273 Å². The number of phenolic OH excluding ortho intramolecular Hbond substituents is 2. The second kappa shape index (κ2) is 13.6. The molecule has 2 aromatic rings. The average molecular weight is 672 g/mol. The molecule has 5 rings (SSSR count). The first-order chi connectivity index (χ1) is 22.7. The van der Waals surface area contributed by atoms with Gasteiger partial charge in [0.1, 0.15) is 22.8 Å². The van der Waals surface area contributed by atoms with Crippen molar-refractivity contribution in [3.63, 3.8) is 0 Å². The van der Waals surface area contributed by atoms with Crippen LogP contribution >= 0.6 is 0 Å². The number of hydrazone groups is 1. The number of ether oxygens (including phenoxy) is 3. The van der Waals surface area contributed by atoms with Gasteiger partial charge in [0.2, 0.25) is 11.7 Å². The van der Waals surface area contributed by atoms with E-state index in [1.807, 2.05) is 0 Å². The molecule has 2 aliphatic carbocycles. The number of nitrogens with one attached hydrogen (secondary N) is 1. The molecule has 0 unspecified atom stereocenters. The van der Waals surface area contributed by atoms with Crippen molar-refractivity contribution in [1.82, 2.24) is 5.43 Å². The van der Waals surface area contributed by atoms with Crippen LogP contribution < -0.4 is 15.9 Å². The van der Waals surface area contributed by atoms with E-state index in [4.69, 9.17) is 25.1 Å². The zero-order valence-corrected chi connectivity index (χ0v) is 26.1. The largest absolute Gasteiger partial charge is 0.507 e. The number of carbonyl (C=O) groups is 4. The molecule has 258 valence electrons. The number of ketones is 2. The van der Waals surface area contributed by atoms with Crippen molar-refractivity contribution in [1.29, 1.82) is 0 Å². The average Bonchev–Trinajstić information content (AvgIpc) is 3.03. The minimum absolute atomic E-state index is 0.00928. The van der Waals surface area contributed by atoms with Crippen LogP contribution in [0.15, 0.2) is 23.3 Å². The Morgan fingerprint density at radius 2 is 1.83 bits per heavy atom. The standard InChI is InChI=1S/C32H37N3O13/c1-13-27(40)16(33)9-22(47-13)48-18-11-32(45,19(12-36)34-35-20(37)7-4-8-21(38)39)10-15-24(18)31(44)26-25(29(15)42)28(41)14-5-3-6-17(46-2)23(14)30(26)43/h3,5-6,13,16,18,22,27,36,40,42,44-45H,4,7-12,33H2,1-2H3,(H,35,37)(H,38,39)/b34-19+/t13-,16-,18-,22-,27+,32-/m0/s1. The SMILES string of the molecule is COc1cccc2c1C(=O)c1c(O)c3c(c(O)c1C2=O)C[C@@](O)(/C(CO)=N/NC(=O)CCCC(=O)O)C[C@@H]3O[C@H]1C[C@H](N)[C@H](O)[C@H](C)O1. The van der Waals surface area contributed by atoms with Crippen LogP contribution in [0.25, 0.3) is 0 Å². The highest BCUT2D eigenvalue weighted by molar-refractivity contribution is 6.31. The summed E-state index contributed by atoms with van der Waals surface area (Å²) in [5.74, 6) is -4.74. The molecule has 0 saturated carbocycles. The number of carboxylic acid groups (broad SMARTS) is 1. The molecule has 1 fully saturated rings. The molecule has 1 saturated heterocycles. The molecule has 16 heteroatoms. The van der Waals surface area contributed by atoms with E-state index in [9.17, 15) is 44.7 Å². The van der Waals surface area contributed by atoms with E-state index in [0.29, 0.717) is 0 Å². The van der Waals surface area contributed by atoms with Crippen molar-refractivity contribution < 1.29 is 64.0 Å². The summed E-state index contributed by atoms with van der Waals surface area (Å²) in [7, 11) is 1.31. The summed E-state index contributed by atoms with van der Waals surface area (Å²) < 4.78 is 17.3. The van der Waals surface area contributed by atoms with Crippen LogP contribution in [0.4, 0.5) is 0 Å². The lowest BCUT2D eigenvalue weighted by atomic mass is 9.71. The number of methoxy groups -OCH3 is 1. The van der Waals surface area contributed by atoms with Crippen LogP contribution in [0, 0.1) is 0 Å². The van der Waals surface area contributed by atoms with Crippen LogP contribution in [0.3, 0.4) is 0 Å². The molecule has 1 amide bonds. The number of fused-ring (bicyclic) bond motifs is 3. The van der Waals surface area contributed by atoms with Gasteiger partial charge < -0.3 is 50.6 Å². The number of aromatic hydroxyl groups is 2. The van der Waals surface area contributed by atoms with Crippen molar-refractivity contribution in [3.05, 3.63) is 51.6 Å². The second-order valence-corrected chi connectivity index (χ2v) is 12.1. The fourth-order valence-electron chi connectivity index (χ4n) is 6.48. The molecule has 1 aliphatic heterocycles. The summed E-state index contributed by atoms with van der Waals surface area (Å²) in [6, 6.07) is 3.54. The minimum Gasteiger partial charge on any atom is -0.507 e. The van der Waals surface area contributed by atoms with Gasteiger partial charge in [-0.1, -0.05) is 12.1 Å². The van der Waals surface area contributed by atoms with Gasteiger partial charge in [-0.15, -0.1) is 0 Å². The fourth-order valence-corrected chi connectivity index (χ4v) is 6.48. The lowest BCUT2D eigenvalue weighted by Crippen LogP contribution is -2.53. The van der Waals surface area contributed by atoms with Gasteiger partial charge in [-0.05, 0) is 19.4 Å². The first-order valence-electron chi connectivity index (χ1n) is 15.2. The maximum absolute atomic E-state index is 13.9. The molecular weight excluding hydrogens is 634 g/mol. The van der Waals surface area contributed by atoms with Gasteiger partial charge in [-0.2, -0.15) is 5.10 Å². The number of nitrogens with zero attached hydrogens (tertiary/aromatic N) is 1. The van der Waals surface area contributed by atoms with E-state index in [0.717, 1.165) is 0 Å². The third-order valence-electron chi connectivity index (χ3n) is 8.94. The van der Waals surface area contributed by atoms with Crippen molar-refractivity contribution in [2.45, 2.75) is 81.7 Å². The van der Waals surface area contributed by atoms with Crippen LogP contribution in [0.5, 0.6) is 17.2 Å². The van der Waals surface area contributed by atoms with E-state index in [2.05, 4.69) is 10.5 Å². The van der Waals surface area contributed by atoms with Gasteiger partial charge in [-0.3, -0.25) is 19.2 Å². The Hall–Kier alpha value is -4.45. The summed E-state index contributed by atoms with van der Waals surface area (Å²) in [6.45, 7) is 0.667. The van der Waals surface area contributed by atoms with E-state index >= 15 is 0 Å². The molecule has 0 radical (unpaired) electrons. The monoisotopic (exact) mass is 671 g/mol. The predicted octanol–water partition coefficient (Wildman–Crippen LogP) is 0.159. The molecule has 1 heterocycles. The third kappa shape index (κ3) is 6.25. The number of aliphatic carboxylic acids is 1. The number of carboxylic acids is 1. The highest BCUT2D eigenvalue weighted by Crippen LogP contribution is 2.52. The lowest BCUT2D eigenvalue weighted by molar-refractivity contribution is -0.245. The highest BCUT2D eigenvalue weighted by atomic mass is 16.7. The van der Waals surface area contributed by atoms with Crippen LogP contribution in [0.2, 0.25) is 0 Å². The molecule has 0 spiro atoms. The third-order valence-corrected chi connectivity index (χ3v) is 8.94. The van der Waals surface area contributed by atoms with Gasteiger partial charge in [0.15, 0.2) is 12.1 Å². The van der Waals surface area contributed by atoms with Crippen molar-refractivity contribution in [2.24, 2.45) is 10.8 Å². The molecule has 16 nitrogen and oxygen atoms in total. The number of benzene rings is 2. The topological polar surface area (TPSA) is 268 Å². The predicted molar refractivity (Wildman–Crippen MR) is 164 cm³/mol.